The maximum absolute atomic E-state index is 6.13. The molecule has 1 aliphatic heterocycles. The summed E-state index contributed by atoms with van der Waals surface area (Å²) in [4.78, 5) is 0. The van der Waals surface area contributed by atoms with Gasteiger partial charge in [-0.3, -0.25) is 0 Å². The number of hydrogen-bond acceptors (Lipinski definition) is 4. The fourth-order valence-corrected chi connectivity index (χ4v) is 4.69. The summed E-state index contributed by atoms with van der Waals surface area (Å²) in [5.74, 6) is -0.425. The van der Waals surface area contributed by atoms with E-state index in [1.165, 1.54) is 64.2 Å². The molecule has 1 aliphatic rings. The van der Waals surface area contributed by atoms with E-state index in [9.17, 15) is 0 Å². The Morgan fingerprint density at radius 3 is 1.70 bits per heavy atom. The highest BCUT2D eigenvalue weighted by molar-refractivity contribution is 4.75. The van der Waals surface area contributed by atoms with Crippen LogP contribution < -0.4 is 0 Å². The zero-order valence-electron chi connectivity index (χ0n) is 20.9. The van der Waals surface area contributed by atoms with Gasteiger partial charge in [0.05, 0.1) is 13.2 Å². The average molecular weight is 429 g/mol. The molecule has 0 radical (unpaired) electrons. The van der Waals surface area contributed by atoms with Crippen molar-refractivity contribution in [2.75, 3.05) is 33.0 Å². The second-order valence-corrected chi connectivity index (χ2v) is 9.09. The van der Waals surface area contributed by atoms with Crippen molar-refractivity contribution in [2.45, 2.75) is 130 Å². The molecule has 1 saturated heterocycles. The molecule has 4 heteroatoms. The molecular weight excluding hydrogens is 376 g/mol. The SMILES string of the molecule is CCOC(CCCCCCCCC(CC)(CC)CC)(CCCOCC1CO1)OCC. The molecule has 0 aromatic carbocycles. The highest BCUT2D eigenvalue weighted by atomic mass is 16.7. The summed E-state index contributed by atoms with van der Waals surface area (Å²) in [5.41, 5.74) is 0.601. The van der Waals surface area contributed by atoms with E-state index in [1.807, 2.05) is 0 Å². The molecule has 0 amide bonds. The van der Waals surface area contributed by atoms with Gasteiger partial charge in [0.1, 0.15) is 6.10 Å². The third-order valence-electron chi connectivity index (χ3n) is 7.13. The number of ether oxygens (including phenoxy) is 4. The molecule has 0 saturated carbocycles. The largest absolute Gasteiger partial charge is 0.379 e. The van der Waals surface area contributed by atoms with Crippen LogP contribution in [0, 0.1) is 5.41 Å². The van der Waals surface area contributed by atoms with E-state index < -0.39 is 5.79 Å². The zero-order chi connectivity index (χ0) is 22.1. The molecule has 0 aromatic rings. The minimum absolute atomic E-state index is 0.343. The number of unbranched alkanes of at least 4 members (excludes halogenated alkanes) is 5. The van der Waals surface area contributed by atoms with Crippen LogP contribution in [0.1, 0.15) is 118 Å². The molecule has 1 heterocycles. The summed E-state index contributed by atoms with van der Waals surface area (Å²) in [6, 6.07) is 0. The first kappa shape index (κ1) is 27.9. The Hall–Kier alpha value is -0.160. The van der Waals surface area contributed by atoms with Crippen LogP contribution in [-0.2, 0) is 18.9 Å². The Balaban J connectivity index is 2.21. The van der Waals surface area contributed by atoms with E-state index in [-0.39, 0.29) is 0 Å². The van der Waals surface area contributed by atoms with Crippen LogP contribution in [-0.4, -0.2) is 44.9 Å². The van der Waals surface area contributed by atoms with E-state index in [0.717, 1.165) is 39.1 Å². The third-order valence-corrected chi connectivity index (χ3v) is 7.13. The van der Waals surface area contributed by atoms with Crippen LogP contribution >= 0.6 is 0 Å². The van der Waals surface area contributed by atoms with Crippen LogP contribution in [0.4, 0.5) is 0 Å². The average Bonchev–Trinajstić information content (AvgIpc) is 3.58. The summed E-state index contributed by atoms with van der Waals surface area (Å²) >= 11 is 0. The van der Waals surface area contributed by atoms with Crippen LogP contribution in [0.3, 0.4) is 0 Å². The fourth-order valence-electron chi connectivity index (χ4n) is 4.69. The van der Waals surface area contributed by atoms with Gasteiger partial charge in [-0.15, -0.1) is 0 Å². The quantitative estimate of drug-likeness (QED) is 0.103. The lowest BCUT2D eigenvalue weighted by atomic mass is 9.75. The first-order valence-electron chi connectivity index (χ1n) is 13.1. The predicted molar refractivity (Wildman–Crippen MR) is 126 cm³/mol. The van der Waals surface area contributed by atoms with E-state index >= 15 is 0 Å². The first-order chi connectivity index (χ1) is 14.6. The van der Waals surface area contributed by atoms with Gasteiger partial charge in [-0.1, -0.05) is 72.1 Å². The molecular formula is C26H52O4. The van der Waals surface area contributed by atoms with Crippen molar-refractivity contribution in [1.29, 1.82) is 0 Å². The van der Waals surface area contributed by atoms with Crippen molar-refractivity contribution in [2.24, 2.45) is 5.41 Å². The van der Waals surface area contributed by atoms with E-state index in [1.54, 1.807) is 0 Å². The summed E-state index contributed by atoms with van der Waals surface area (Å²) in [6.07, 6.45) is 16.5. The van der Waals surface area contributed by atoms with Crippen LogP contribution in [0.5, 0.6) is 0 Å². The molecule has 0 spiro atoms. The summed E-state index contributed by atoms with van der Waals surface area (Å²) in [7, 11) is 0. The Morgan fingerprint density at radius 1 is 0.700 bits per heavy atom. The molecule has 4 nitrogen and oxygen atoms in total. The minimum Gasteiger partial charge on any atom is -0.379 e. The van der Waals surface area contributed by atoms with Gasteiger partial charge >= 0.3 is 0 Å². The summed E-state index contributed by atoms with van der Waals surface area (Å²) < 4.78 is 23.1. The molecule has 1 fully saturated rings. The van der Waals surface area contributed by atoms with Crippen molar-refractivity contribution in [3.8, 4) is 0 Å². The second kappa shape index (κ2) is 16.5. The van der Waals surface area contributed by atoms with E-state index in [2.05, 4.69) is 34.6 Å². The Kier molecular flexibility index (Phi) is 15.3. The van der Waals surface area contributed by atoms with Crippen molar-refractivity contribution >= 4 is 0 Å². The molecule has 1 rings (SSSR count). The summed E-state index contributed by atoms with van der Waals surface area (Å²) in [5, 5.41) is 0. The van der Waals surface area contributed by atoms with Gasteiger partial charge in [0.2, 0.25) is 0 Å². The Bertz CT molecular complexity index is 376. The van der Waals surface area contributed by atoms with Gasteiger partial charge < -0.3 is 18.9 Å². The maximum atomic E-state index is 6.13. The first-order valence-corrected chi connectivity index (χ1v) is 13.1. The Labute approximate surface area is 187 Å². The van der Waals surface area contributed by atoms with Crippen molar-refractivity contribution in [3.63, 3.8) is 0 Å². The molecule has 0 bridgehead atoms. The molecule has 180 valence electrons. The zero-order valence-corrected chi connectivity index (χ0v) is 20.9. The predicted octanol–water partition coefficient (Wildman–Crippen LogP) is 7.29. The lowest BCUT2D eigenvalue weighted by molar-refractivity contribution is -0.242. The molecule has 0 N–H and O–H groups in total. The van der Waals surface area contributed by atoms with Crippen molar-refractivity contribution in [1.82, 2.24) is 0 Å². The van der Waals surface area contributed by atoms with Crippen molar-refractivity contribution in [3.05, 3.63) is 0 Å². The number of epoxide rings is 1. The topological polar surface area (TPSA) is 40.2 Å². The Morgan fingerprint density at radius 2 is 1.20 bits per heavy atom. The highest BCUT2D eigenvalue weighted by Gasteiger charge is 2.30. The standard InChI is InChI=1S/C26H52O4/c1-6-25(7-2,8-3)18-15-13-11-12-14-16-19-26(29-9-4,30-10-5)20-17-21-27-22-24-23-28-24/h24H,6-23H2,1-5H3. The van der Waals surface area contributed by atoms with Gasteiger partial charge in [0, 0.05) is 32.7 Å². The molecule has 0 aromatic heterocycles. The third kappa shape index (κ3) is 11.5. The maximum Gasteiger partial charge on any atom is 0.168 e. The van der Waals surface area contributed by atoms with Gasteiger partial charge in [-0.05, 0) is 38.5 Å². The van der Waals surface area contributed by atoms with Gasteiger partial charge in [0.15, 0.2) is 5.79 Å². The van der Waals surface area contributed by atoms with E-state index in [0.29, 0.717) is 24.7 Å². The van der Waals surface area contributed by atoms with Crippen LogP contribution in [0.25, 0.3) is 0 Å². The van der Waals surface area contributed by atoms with Gasteiger partial charge in [-0.2, -0.15) is 0 Å². The normalized spacial score (nSPS) is 16.9. The molecule has 0 aliphatic carbocycles. The fraction of sp³-hybridized carbons (Fsp3) is 1.00. The monoisotopic (exact) mass is 428 g/mol. The summed E-state index contributed by atoms with van der Waals surface area (Å²) in [6.45, 7) is 15.0. The lowest BCUT2D eigenvalue weighted by Gasteiger charge is -2.33. The molecule has 1 unspecified atom stereocenters. The van der Waals surface area contributed by atoms with Crippen LogP contribution in [0.15, 0.2) is 0 Å². The van der Waals surface area contributed by atoms with Crippen molar-refractivity contribution < 1.29 is 18.9 Å². The lowest BCUT2D eigenvalue weighted by Crippen LogP contribution is -2.36. The van der Waals surface area contributed by atoms with Crippen LogP contribution in [0.2, 0.25) is 0 Å². The van der Waals surface area contributed by atoms with E-state index in [4.69, 9.17) is 18.9 Å². The number of hydrogen-bond donors (Lipinski definition) is 0. The number of rotatable bonds is 22. The smallest absolute Gasteiger partial charge is 0.168 e. The molecule has 30 heavy (non-hydrogen) atoms. The molecule has 1 atom stereocenters. The van der Waals surface area contributed by atoms with Gasteiger partial charge in [0.25, 0.3) is 0 Å². The second-order valence-electron chi connectivity index (χ2n) is 9.09. The van der Waals surface area contributed by atoms with Gasteiger partial charge in [-0.25, -0.2) is 0 Å². The highest BCUT2D eigenvalue weighted by Crippen LogP contribution is 2.36. The minimum atomic E-state index is -0.425.